The van der Waals surface area contributed by atoms with Crippen molar-refractivity contribution < 1.29 is 29.0 Å². The molecule has 8 nitrogen and oxygen atoms in total. The van der Waals surface area contributed by atoms with E-state index in [0.29, 0.717) is 24.2 Å². The number of amides is 1. The van der Waals surface area contributed by atoms with Gasteiger partial charge < -0.3 is 19.5 Å². The van der Waals surface area contributed by atoms with Gasteiger partial charge in [-0.15, -0.1) is 0 Å². The van der Waals surface area contributed by atoms with Gasteiger partial charge in [-0.05, 0) is 36.2 Å². The van der Waals surface area contributed by atoms with Crippen molar-refractivity contribution in [2.45, 2.75) is 19.4 Å². The minimum absolute atomic E-state index is 0.0245. The first-order valence-corrected chi connectivity index (χ1v) is 9.40. The summed E-state index contributed by atoms with van der Waals surface area (Å²) in [5, 5.41) is 10.9. The fourth-order valence-electron chi connectivity index (χ4n) is 3.42. The number of benzene rings is 1. The number of carbonyl (C=O) groups excluding carboxylic acids is 3. The minimum atomic E-state index is -0.828. The van der Waals surface area contributed by atoms with Crippen molar-refractivity contribution in [3.8, 4) is 5.75 Å². The van der Waals surface area contributed by atoms with Gasteiger partial charge in [-0.25, -0.2) is 0 Å². The van der Waals surface area contributed by atoms with E-state index in [1.807, 2.05) is 0 Å². The summed E-state index contributed by atoms with van der Waals surface area (Å²) < 4.78 is 10.2. The Hall–Kier alpha value is -3.52. The number of methoxy groups -OCH3 is 1. The Kier molecular flexibility index (Phi) is 6.58. The molecule has 0 aliphatic carbocycles. The number of ether oxygens (including phenoxy) is 2. The van der Waals surface area contributed by atoms with Crippen LogP contribution in [0.2, 0.25) is 0 Å². The van der Waals surface area contributed by atoms with Crippen LogP contribution >= 0.6 is 0 Å². The summed E-state index contributed by atoms with van der Waals surface area (Å²) in [6.45, 7) is 1.95. The molecule has 1 aromatic carbocycles. The molecule has 30 heavy (non-hydrogen) atoms. The van der Waals surface area contributed by atoms with Gasteiger partial charge in [0.25, 0.3) is 11.7 Å². The van der Waals surface area contributed by atoms with Crippen molar-refractivity contribution in [1.82, 2.24) is 9.88 Å². The predicted octanol–water partition coefficient (Wildman–Crippen LogP) is 2.47. The Bertz CT molecular complexity index is 986. The van der Waals surface area contributed by atoms with Crippen molar-refractivity contribution in [2.75, 3.05) is 20.3 Å². The third kappa shape index (κ3) is 4.38. The number of ketones is 1. The van der Waals surface area contributed by atoms with Crippen molar-refractivity contribution >= 4 is 23.4 Å². The van der Waals surface area contributed by atoms with E-state index in [9.17, 15) is 19.5 Å². The van der Waals surface area contributed by atoms with Crippen LogP contribution < -0.4 is 4.74 Å². The molecule has 2 aromatic rings. The number of carbonyl (C=O) groups is 3. The first kappa shape index (κ1) is 21.2. The van der Waals surface area contributed by atoms with Gasteiger partial charge in [0, 0.05) is 45.1 Å². The second kappa shape index (κ2) is 9.32. The Labute approximate surface area is 173 Å². The number of hydrogen-bond acceptors (Lipinski definition) is 7. The first-order valence-electron chi connectivity index (χ1n) is 9.40. The third-order valence-corrected chi connectivity index (χ3v) is 4.68. The van der Waals surface area contributed by atoms with Crippen LogP contribution in [-0.2, 0) is 19.1 Å². The van der Waals surface area contributed by atoms with Gasteiger partial charge in [-0.1, -0.05) is 12.1 Å². The van der Waals surface area contributed by atoms with Crippen LogP contribution in [0.4, 0.5) is 0 Å². The SMILES string of the molecule is COCCCN1C(=O)C(=O)/C(=C(\O)c2ccncc2)C1c1cccc(OC(C)=O)c1. The smallest absolute Gasteiger partial charge is 0.308 e. The number of hydrogen-bond donors (Lipinski definition) is 1. The van der Waals surface area contributed by atoms with E-state index in [1.165, 1.54) is 24.2 Å². The Morgan fingerprint density at radius 2 is 1.93 bits per heavy atom. The molecular formula is C22H22N2O6. The molecule has 0 saturated carbocycles. The number of Topliss-reactive ketones (excluding diaryl/α,β-unsaturated/α-hetero) is 1. The lowest BCUT2D eigenvalue weighted by atomic mass is 9.95. The van der Waals surface area contributed by atoms with Crippen LogP contribution in [0.1, 0.15) is 30.5 Å². The highest BCUT2D eigenvalue weighted by Crippen LogP contribution is 2.40. The zero-order chi connectivity index (χ0) is 21.7. The van der Waals surface area contributed by atoms with E-state index in [0.717, 1.165) is 0 Å². The molecule has 8 heteroatoms. The highest BCUT2D eigenvalue weighted by atomic mass is 16.5. The second-order valence-corrected chi connectivity index (χ2v) is 6.74. The van der Waals surface area contributed by atoms with E-state index in [2.05, 4.69) is 4.98 Å². The number of esters is 1. The Balaban J connectivity index is 2.11. The van der Waals surface area contributed by atoms with E-state index in [-0.39, 0.29) is 23.6 Å². The topological polar surface area (TPSA) is 106 Å². The molecule has 1 aliphatic heterocycles. The number of aliphatic hydroxyl groups excluding tert-OH is 1. The van der Waals surface area contributed by atoms with E-state index in [4.69, 9.17) is 9.47 Å². The van der Waals surface area contributed by atoms with Gasteiger partial charge >= 0.3 is 5.97 Å². The predicted molar refractivity (Wildman–Crippen MR) is 107 cm³/mol. The third-order valence-electron chi connectivity index (χ3n) is 4.68. The van der Waals surface area contributed by atoms with Crippen LogP contribution in [0.5, 0.6) is 5.75 Å². The zero-order valence-electron chi connectivity index (χ0n) is 16.7. The summed E-state index contributed by atoms with van der Waals surface area (Å²) in [7, 11) is 1.55. The van der Waals surface area contributed by atoms with Gasteiger partial charge in [0.1, 0.15) is 11.5 Å². The maximum absolute atomic E-state index is 12.9. The Morgan fingerprint density at radius 1 is 1.20 bits per heavy atom. The lowest BCUT2D eigenvalue weighted by Gasteiger charge is -2.25. The first-order chi connectivity index (χ1) is 14.4. The van der Waals surface area contributed by atoms with Crippen LogP contribution in [0, 0.1) is 0 Å². The number of aromatic nitrogens is 1. The molecule has 1 N–H and O–H groups in total. The minimum Gasteiger partial charge on any atom is -0.507 e. The molecule has 0 bridgehead atoms. The van der Waals surface area contributed by atoms with Gasteiger partial charge in [-0.3, -0.25) is 19.4 Å². The molecule has 1 aliphatic rings. The van der Waals surface area contributed by atoms with Gasteiger partial charge in [0.2, 0.25) is 0 Å². The maximum atomic E-state index is 12.9. The van der Waals surface area contributed by atoms with E-state index < -0.39 is 23.7 Å². The standard InChI is InChI=1S/C22H22N2O6/c1-14(25)30-17-6-3-5-16(13-17)19-18(20(26)15-7-9-23-10-8-15)21(27)22(28)24(19)11-4-12-29-2/h3,5-10,13,19,26H,4,11-12H2,1-2H3/b20-18-. The summed E-state index contributed by atoms with van der Waals surface area (Å²) in [6, 6.07) is 8.85. The monoisotopic (exact) mass is 410 g/mol. The molecule has 0 spiro atoms. The lowest BCUT2D eigenvalue weighted by Crippen LogP contribution is -2.31. The average molecular weight is 410 g/mol. The molecule has 1 saturated heterocycles. The fourth-order valence-corrected chi connectivity index (χ4v) is 3.42. The van der Waals surface area contributed by atoms with E-state index >= 15 is 0 Å². The lowest BCUT2D eigenvalue weighted by molar-refractivity contribution is -0.140. The number of pyridine rings is 1. The largest absolute Gasteiger partial charge is 0.507 e. The van der Waals surface area contributed by atoms with Gasteiger partial charge in [-0.2, -0.15) is 0 Å². The highest BCUT2D eigenvalue weighted by molar-refractivity contribution is 6.46. The summed E-state index contributed by atoms with van der Waals surface area (Å²) >= 11 is 0. The summed E-state index contributed by atoms with van der Waals surface area (Å²) in [5.74, 6) is -1.97. The quantitative estimate of drug-likeness (QED) is 0.187. The number of aliphatic hydroxyl groups is 1. The molecule has 1 aromatic heterocycles. The van der Waals surface area contributed by atoms with Crippen molar-refractivity contribution in [2.24, 2.45) is 0 Å². The molecule has 0 radical (unpaired) electrons. The molecule has 3 rings (SSSR count). The number of rotatable bonds is 7. The fraction of sp³-hybridized carbons (Fsp3) is 0.273. The molecule has 1 fully saturated rings. The molecule has 2 heterocycles. The molecule has 1 unspecified atom stereocenters. The van der Waals surface area contributed by atoms with Gasteiger partial charge in [0.15, 0.2) is 0 Å². The number of nitrogens with zero attached hydrogens (tertiary/aromatic N) is 2. The van der Waals surface area contributed by atoms with Crippen molar-refractivity contribution in [1.29, 1.82) is 0 Å². The number of likely N-dealkylation sites (tertiary alicyclic amines) is 1. The van der Waals surface area contributed by atoms with Crippen molar-refractivity contribution in [3.63, 3.8) is 0 Å². The molecule has 156 valence electrons. The Morgan fingerprint density at radius 3 is 2.60 bits per heavy atom. The van der Waals surface area contributed by atoms with Crippen LogP contribution in [0.15, 0.2) is 54.4 Å². The average Bonchev–Trinajstić information content (AvgIpc) is 2.99. The zero-order valence-corrected chi connectivity index (χ0v) is 16.7. The molecule has 1 atom stereocenters. The molecule has 1 amide bonds. The summed E-state index contributed by atoms with van der Waals surface area (Å²) in [6.07, 6.45) is 3.49. The normalized spacial score (nSPS) is 17.9. The molecular weight excluding hydrogens is 388 g/mol. The highest BCUT2D eigenvalue weighted by Gasteiger charge is 2.45. The van der Waals surface area contributed by atoms with Gasteiger partial charge in [0.05, 0.1) is 11.6 Å². The maximum Gasteiger partial charge on any atom is 0.308 e. The van der Waals surface area contributed by atoms with Crippen LogP contribution in [0.25, 0.3) is 5.76 Å². The second-order valence-electron chi connectivity index (χ2n) is 6.74. The van der Waals surface area contributed by atoms with E-state index in [1.54, 1.807) is 43.5 Å². The summed E-state index contributed by atoms with van der Waals surface area (Å²) in [4.78, 5) is 42.3. The van der Waals surface area contributed by atoms with Crippen LogP contribution in [0.3, 0.4) is 0 Å². The van der Waals surface area contributed by atoms with Crippen molar-refractivity contribution in [3.05, 3.63) is 65.5 Å². The van der Waals surface area contributed by atoms with Crippen LogP contribution in [-0.4, -0.2) is 52.9 Å². The summed E-state index contributed by atoms with van der Waals surface area (Å²) in [5.41, 5.74) is 0.894.